The molecule has 0 radical (unpaired) electrons. The molecule has 0 aliphatic carbocycles. The molecule has 0 heterocycles. The summed E-state index contributed by atoms with van der Waals surface area (Å²) in [6, 6.07) is 9.63. The second kappa shape index (κ2) is 6.34. The predicted molar refractivity (Wildman–Crippen MR) is 65.0 cm³/mol. The number of para-hydroxylation sites is 1. The molecule has 0 saturated heterocycles. The van der Waals surface area contributed by atoms with Gasteiger partial charge in [-0.15, -0.1) is 11.6 Å². The molecule has 0 bridgehead atoms. The maximum atomic E-state index is 5.41. The number of hydrogen-bond donors (Lipinski definition) is 2. The normalized spacial score (nSPS) is 10.1. The van der Waals surface area contributed by atoms with Crippen LogP contribution in [0, 0.1) is 0 Å². The Hall–Kier alpha value is -1.13. The van der Waals surface area contributed by atoms with E-state index in [0.717, 1.165) is 5.69 Å². The molecule has 1 aromatic carbocycles. The van der Waals surface area contributed by atoms with Crippen molar-refractivity contribution in [2.45, 2.75) is 0 Å². The summed E-state index contributed by atoms with van der Waals surface area (Å²) >= 11 is 10.3. The SMILES string of the molecule is S=C(/N=C\CCl)NNc1ccccc1. The van der Waals surface area contributed by atoms with E-state index in [4.69, 9.17) is 23.8 Å². The third-order valence-electron chi connectivity index (χ3n) is 1.37. The van der Waals surface area contributed by atoms with Crippen LogP contribution < -0.4 is 10.9 Å². The van der Waals surface area contributed by atoms with Gasteiger partial charge in [0.2, 0.25) is 5.11 Å². The van der Waals surface area contributed by atoms with E-state index in [-0.39, 0.29) is 0 Å². The van der Waals surface area contributed by atoms with Gasteiger partial charge in [-0.2, -0.15) is 0 Å². The number of benzene rings is 1. The molecule has 0 atom stereocenters. The first-order valence-corrected chi connectivity index (χ1v) is 4.96. The van der Waals surface area contributed by atoms with E-state index in [1.54, 1.807) is 0 Å². The Bertz CT molecular complexity index is 313. The Balaban J connectivity index is 2.34. The maximum absolute atomic E-state index is 5.41. The Morgan fingerprint density at radius 2 is 2.14 bits per heavy atom. The van der Waals surface area contributed by atoms with Crippen LogP contribution in [0.2, 0.25) is 0 Å². The average Bonchev–Trinajstić information content (AvgIpc) is 2.25. The van der Waals surface area contributed by atoms with Crippen molar-refractivity contribution < 1.29 is 0 Å². The van der Waals surface area contributed by atoms with E-state index in [0.29, 0.717) is 11.0 Å². The molecule has 0 aliphatic rings. The van der Waals surface area contributed by atoms with Crippen LogP contribution in [-0.4, -0.2) is 17.2 Å². The van der Waals surface area contributed by atoms with Crippen molar-refractivity contribution in [3.05, 3.63) is 30.3 Å². The maximum Gasteiger partial charge on any atom is 0.211 e. The van der Waals surface area contributed by atoms with E-state index in [1.807, 2.05) is 30.3 Å². The first-order chi connectivity index (χ1) is 6.83. The molecule has 74 valence electrons. The smallest absolute Gasteiger partial charge is 0.211 e. The van der Waals surface area contributed by atoms with Crippen LogP contribution in [0.1, 0.15) is 0 Å². The second-order valence-electron chi connectivity index (χ2n) is 2.39. The fraction of sp³-hybridized carbons (Fsp3) is 0.111. The van der Waals surface area contributed by atoms with Crippen molar-refractivity contribution in [2.24, 2.45) is 4.99 Å². The van der Waals surface area contributed by atoms with Crippen LogP contribution in [0.4, 0.5) is 5.69 Å². The number of halogens is 1. The zero-order valence-corrected chi connectivity index (χ0v) is 8.98. The van der Waals surface area contributed by atoms with Gasteiger partial charge in [0.1, 0.15) is 0 Å². The summed E-state index contributed by atoms with van der Waals surface area (Å²) in [7, 11) is 0. The highest BCUT2D eigenvalue weighted by atomic mass is 35.5. The van der Waals surface area contributed by atoms with Crippen molar-refractivity contribution in [1.29, 1.82) is 0 Å². The molecular weight excluding hydrogens is 218 g/mol. The minimum absolute atomic E-state index is 0.354. The van der Waals surface area contributed by atoms with E-state index >= 15 is 0 Å². The number of thiocarbonyl (C=S) groups is 1. The van der Waals surface area contributed by atoms with Gasteiger partial charge in [-0.1, -0.05) is 18.2 Å². The Morgan fingerprint density at radius 1 is 1.43 bits per heavy atom. The number of hydrogen-bond acceptors (Lipinski definition) is 2. The molecular formula is C9H10ClN3S. The molecule has 14 heavy (non-hydrogen) atoms. The number of aliphatic imine (C=N–C) groups is 1. The van der Waals surface area contributed by atoms with Gasteiger partial charge in [0.05, 0.1) is 11.6 Å². The van der Waals surface area contributed by atoms with Gasteiger partial charge >= 0.3 is 0 Å². The number of hydrazine groups is 1. The lowest BCUT2D eigenvalue weighted by Gasteiger charge is -2.06. The highest BCUT2D eigenvalue weighted by Gasteiger charge is 1.90. The van der Waals surface area contributed by atoms with Crippen molar-refractivity contribution >= 4 is 40.8 Å². The standard InChI is InChI=1S/C9H10ClN3S/c10-6-7-11-9(14)13-12-8-4-2-1-3-5-8/h1-5,7,12H,6H2,(H,13,14)/b11-7-. The Kier molecular flexibility index (Phi) is 4.96. The summed E-state index contributed by atoms with van der Waals surface area (Å²) in [4.78, 5) is 3.86. The monoisotopic (exact) mass is 227 g/mol. The molecule has 0 aromatic heterocycles. The van der Waals surface area contributed by atoms with Crippen LogP contribution >= 0.6 is 23.8 Å². The molecule has 0 unspecified atom stereocenters. The van der Waals surface area contributed by atoms with Crippen LogP contribution in [0.15, 0.2) is 35.3 Å². The van der Waals surface area contributed by atoms with E-state index in [1.165, 1.54) is 6.21 Å². The topological polar surface area (TPSA) is 36.4 Å². The van der Waals surface area contributed by atoms with Crippen LogP contribution in [0.25, 0.3) is 0 Å². The molecule has 0 spiro atoms. The summed E-state index contributed by atoms with van der Waals surface area (Å²) in [5.41, 5.74) is 6.59. The highest BCUT2D eigenvalue weighted by molar-refractivity contribution is 7.80. The summed E-state index contributed by atoms with van der Waals surface area (Å²) in [6.45, 7) is 0. The highest BCUT2D eigenvalue weighted by Crippen LogP contribution is 2.02. The van der Waals surface area contributed by atoms with Gasteiger partial charge < -0.3 is 0 Å². The van der Waals surface area contributed by atoms with Crippen molar-refractivity contribution in [3.8, 4) is 0 Å². The van der Waals surface area contributed by atoms with Gasteiger partial charge in [-0.05, 0) is 24.4 Å². The van der Waals surface area contributed by atoms with Gasteiger partial charge in [0.25, 0.3) is 0 Å². The summed E-state index contributed by atoms with van der Waals surface area (Å²) in [5, 5.41) is 0.356. The van der Waals surface area contributed by atoms with Gasteiger partial charge in [0.15, 0.2) is 0 Å². The third-order valence-corrected chi connectivity index (χ3v) is 1.71. The average molecular weight is 228 g/mol. The van der Waals surface area contributed by atoms with E-state index in [2.05, 4.69) is 15.8 Å². The number of rotatable bonds is 3. The van der Waals surface area contributed by atoms with E-state index < -0.39 is 0 Å². The first-order valence-electron chi connectivity index (χ1n) is 4.02. The number of anilines is 1. The molecule has 0 fully saturated rings. The van der Waals surface area contributed by atoms with Crippen LogP contribution in [0.5, 0.6) is 0 Å². The fourth-order valence-electron chi connectivity index (χ4n) is 0.797. The molecule has 3 nitrogen and oxygen atoms in total. The minimum Gasteiger partial charge on any atom is -0.299 e. The molecule has 2 N–H and O–H groups in total. The molecule has 0 saturated carbocycles. The largest absolute Gasteiger partial charge is 0.299 e. The van der Waals surface area contributed by atoms with Crippen molar-refractivity contribution in [1.82, 2.24) is 5.43 Å². The van der Waals surface area contributed by atoms with E-state index in [9.17, 15) is 0 Å². The second-order valence-corrected chi connectivity index (χ2v) is 3.08. The van der Waals surface area contributed by atoms with Gasteiger partial charge in [-0.3, -0.25) is 10.9 Å². The zero-order chi connectivity index (χ0) is 10.2. The Labute approximate surface area is 93.2 Å². The lowest BCUT2D eigenvalue weighted by atomic mass is 10.3. The van der Waals surface area contributed by atoms with Gasteiger partial charge in [-0.25, -0.2) is 4.99 Å². The number of nitrogens with one attached hydrogen (secondary N) is 2. The zero-order valence-electron chi connectivity index (χ0n) is 7.40. The minimum atomic E-state index is 0.354. The molecule has 5 heteroatoms. The van der Waals surface area contributed by atoms with Gasteiger partial charge in [0, 0.05) is 6.21 Å². The first kappa shape index (κ1) is 10.9. The Morgan fingerprint density at radius 3 is 2.79 bits per heavy atom. The van der Waals surface area contributed by atoms with Crippen molar-refractivity contribution in [3.63, 3.8) is 0 Å². The number of nitrogens with zero attached hydrogens (tertiary/aromatic N) is 1. The predicted octanol–water partition coefficient (Wildman–Crippen LogP) is 2.20. The summed E-state index contributed by atoms with van der Waals surface area (Å²) in [6.07, 6.45) is 1.53. The lowest BCUT2D eigenvalue weighted by Crippen LogP contribution is -2.26. The molecule has 0 aliphatic heterocycles. The molecule has 1 rings (SSSR count). The quantitative estimate of drug-likeness (QED) is 0.360. The summed E-state index contributed by atoms with van der Waals surface area (Å²) < 4.78 is 0. The van der Waals surface area contributed by atoms with Crippen LogP contribution in [-0.2, 0) is 0 Å². The molecule has 1 aromatic rings. The number of alkyl halides is 1. The summed E-state index contributed by atoms with van der Waals surface area (Å²) in [5.74, 6) is 0.354. The third kappa shape index (κ3) is 4.20. The fourth-order valence-corrected chi connectivity index (χ4v) is 0.991. The van der Waals surface area contributed by atoms with Crippen molar-refractivity contribution in [2.75, 3.05) is 11.3 Å². The molecule has 0 amide bonds. The van der Waals surface area contributed by atoms with Crippen LogP contribution in [0.3, 0.4) is 0 Å². The lowest BCUT2D eigenvalue weighted by molar-refractivity contribution is 1.13.